The number of nitrogens with zero attached hydrogens (tertiary/aromatic N) is 4. The van der Waals surface area contributed by atoms with Gasteiger partial charge in [-0.3, -0.25) is 9.69 Å². The van der Waals surface area contributed by atoms with Crippen LogP contribution in [0.2, 0.25) is 0 Å². The first-order valence-corrected chi connectivity index (χ1v) is 8.96. The maximum atomic E-state index is 13.2. The first kappa shape index (κ1) is 18.9. The summed E-state index contributed by atoms with van der Waals surface area (Å²) >= 11 is 0. The molecule has 0 spiro atoms. The van der Waals surface area contributed by atoms with E-state index in [1.165, 1.54) is 12.1 Å². The van der Waals surface area contributed by atoms with Gasteiger partial charge in [0.2, 0.25) is 5.91 Å². The summed E-state index contributed by atoms with van der Waals surface area (Å²) in [6.07, 6.45) is 0. The Kier molecular flexibility index (Phi) is 5.72. The van der Waals surface area contributed by atoms with E-state index in [-0.39, 0.29) is 11.7 Å². The molecule has 2 aromatic carbocycles. The van der Waals surface area contributed by atoms with E-state index in [9.17, 15) is 14.4 Å². The molecule has 0 saturated carbocycles. The number of halogens is 1. The zero-order chi connectivity index (χ0) is 19.4. The number of amides is 1. The molecule has 0 N–H and O–H groups in total. The number of para-hydroxylation sites is 1. The molecule has 1 heterocycles. The second-order valence-electron chi connectivity index (χ2n) is 6.86. The van der Waals surface area contributed by atoms with Crippen molar-refractivity contribution in [2.24, 2.45) is 0 Å². The third-order valence-corrected chi connectivity index (χ3v) is 4.89. The fourth-order valence-corrected chi connectivity index (χ4v) is 3.49. The lowest BCUT2D eigenvalue weighted by Crippen LogP contribution is -2.51. The van der Waals surface area contributed by atoms with Gasteiger partial charge in [0.1, 0.15) is 17.9 Å². The van der Waals surface area contributed by atoms with Crippen LogP contribution in [0.5, 0.6) is 0 Å². The van der Waals surface area contributed by atoms with E-state index in [1.54, 1.807) is 12.1 Å². The average Bonchev–Trinajstić information content (AvgIpc) is 2.69. The third kappa shape index (κ3) is 4.09. The number of piperazine rings is 1. The highest BCUT2D eigenvalue weighted by Crippen LogP contribution is 2.25. The van der Waals surface area contributed by atoms with Gasteiger partial charge in [-0.15, -0.1) is 0 Å². The molecule has 27 heavy (non-hydrogen) atoms. The van der Waals surface area contributed by atoms with E-state index in [0.29, 0.717) is 31.7 Å². The Labute approximate surface area is 159 Å². The molecule has 140 valence electrons. The standard InChI is InChI=1S/C21H23FN4O/c1-24(2)20(16-7-9-18(22)10-8-16)21(27)26-13-11-25(12-14-26)19-6-4-3-5-17(19)15-23/h3-10,20H,11-14H2,1-2H3. The monoisotopic (exact) mass is 366 g/mol. The zero-order valence-corrected chi connectivity index (χ0v) is 15.6. The SMILES string of the molecule is CN(C)C(C(=O)N1CCN(c2ccccc2C#N)CC1)c1ccc(F)cc1. The Hall–Kier alpha value is -2.91. The van der Waals surface area contributed by atoms with Crippen LogP contribution in [0.1, 0.15) is 17.2 Å². The molecule has 5 nitrogen and oxygen atoms in total. The molecule has 1 amide bonds. The fraction of sp³-hybridized carbons (Fsp3) is 0.333. The zero-order valence-electron chi connectivity index (χ0n) is 15.6. The summed E-state index contributed by atoms with van der Waals surface area (Å²) in [7, 11) is 3.71. The fourth-order valence-electron chi connectivity index (χ4n) is 3.49. The molecule has 1 aliphatic rings. The van der Waals surface area contributed by atoms with Crippen molar-refractivity contribution in [1.29, 1.82) is 5.26 Å². The van der Waals surface area contributed by atoms with Crippen molar-refractivity contribution in [3.8, 4) is 6.07 Å². The first-order chi connectivity index (χ1) is 13.0. The molecular formula is C21H23FN4O. The van der Waals surface area contributed by atoms with E-state index in [2.05, 4.69) is 11.0 Å². The molecule has 1 unspecified atom stereocenters. The highest BCUT2D eigenvalue weighted by molar-refractivity contribution is 5.83. The summed E-state index contributed by atoms with van der Waals surface area (Å²) in [6.45, 7) is 2.52. The lowest BCUT2D eigenvalue weighted by molar-refractivity contribution is -0.136. The van der Waals surface area contributed by atoms with Crippen LogP contribution in [0, 0.1) is 17.1 Å². The van der Waals surface area contributed by atoms with Crippen molar-refractivity contribution in [1.82, 2.24) is 9.80 Å². The van der Waals surface area contributed by atoms with Crippen molar-refractivity contribution in [3.63, 3.8) is 0 Å². The maximum absolute atomic E-state index is 13.2. The Morgan fingerprint density at radius 2 is 1.70 bits per heavy atom. The molecule has 1 atom stereocenters. The van der Waals surface area contributed by atoms with Crippen molar-refractivity contribution in [2.45, 2.75) is 6.04 Å². The largest absolute Gasteiger partial charge is 0.367 e. The van der Waals surface area contributed by atoms with Gasteiger partial charge in [-0.1, -0.05) is 24.3 Å². The van der Waals surface area contributed by atoms with Crippen LogP contribution in [0.4, 0.5) is 10.1 Å². The number of carbonyl (C=O) groups is 1. The van der Waals surface area contributed by atoms with Crippen molar-refractivity contribution in [3.05, 3.63) is 65.5 Å². The molecular weight excluding hydrogens is 343 g/mol. The maximum Gasteiger partial charge on any atom is 0.244 e. The third-order valence-electron chi connectivity index (χ3n) is 4.89. The van der Waals surface area contributed by atoms with Crippen molar-refractivity contribution in [2.75, 3.05) is 45.2 Å². The predicted molar refractivity (Wildman–Crippen MR) is 103 cm³/mol. The minimum atomic E-state index is -0.441. The predicted octanol–water partition coefficient (Wildman–Crippen LogP) is 2.65. The number of hydrogen-bond acceptors (Lipinski definition) is 4. The minimum absolute atomic E-state index is 0.0137. The Morgan fingerprint density at radius 3 is 2.30 bits per heavy atom. The van der Waals surface area contributed by atoms with Crippen LogP contribution in [0.25, 0.3) is 0 Å². The van der Waals surface area contributed by atoms with Crippen LogP contribution in [0.3, 0.4) is 0 Å². The number of carbonyl (C=O) groups excluding carboxylic acids is 1. The molecule has 0 aromatic heterocycles. The minimum Gasteiger partial charge on any atom is -0.367 e. The quantitative estimate of drug-likeness (QED) is 0.835. The molecule has 6 heteroatoms. The number of benzene rings is 2. The Balaban J connectivity index is 1.71. The van der Waals surface area contributed by atoms with Gasteiger partial charge in [-0.2, -0.15) is 5.26 Å². The number of hydrogen-bond donors (Lipinski definition) is 0. The van der Waals surface area contributed by atoms with Crippen LogP contribution in [0.15, 0.2) is 48.5 Å². The molecule has 2 aromatic rings. The van der Waals surface area contributed by atoms with Crippen LogP contribution in [-0.4, -0.2) is 56.0 Å². The van der Waals surface area contributed by atoms with E-state index < -0.39 is 6.04 Å². The first-order valence-electron chi connectivity index (χ1n) is 8.96. The normalized spacial score (nSPS) is 15.5. The second kappa shape index (κ2) is 8.19. The number of nitriles is 1. The summed E-state index contributed by atoms with van der Waals surface area (Å²) < 4.78 is 13.2. The molecule has 0 aliphatic carbocycles. The van der Waals surface area contributed by atoms with Crippen LogP contribution in [-0.2, 0) is 4.79 Å². The molecule has 1 aliphatic heterocycles. The van der Waals surface area contributed by atoms with E-state index in [4.69, 9.17) is 0 Å². The number of rotatable bonds is 4. The second-order valence-corrected chi connectivity index (χ2v) is 6.86. The molecule has 0 radical (unpaired) electrons. The van der Waals surface area contributed by atoms with Gasteiger partial charge in [-0.05, 0) is 43.9 Å². The Morgan fingerprint density at radius 1 is 1.07 bits per heavy atom. The Bertz CT molecular complexity index is 836. The van der Waals surface area contributed by atoms with Crippen molar-refractivity contribution < 1.29 is 9.18 Å². The summed E-state index contributed by atoms with van der Waals surface area (Å²) in [6, 6.07) is 15.4. The van der Waals surface area contributed by atoms with Gasteiger partial charge in [0.25, 0.3) is 0 Å². The lowest BCUT2D eigenvalue weighted by Gasteiger charge is -2.39. The number of anilines is 1. The molecule has 0 bridgehead atoms. The topological polar surface area (TPSA) is 50.6 Å². The number of likely N-dealkylation sites (N-methyl/N-ethyl adjacent to an activating group) is 1. The average molecular weight is 366 g/mol. The van der Waals surface area contributed by atoms with Crippen molar-refractivity contribution >= 4 is 11.6 Å². The van der Waals surface area contributed by atoms with Gasteiger partial charge >= 0.3 is 0 Å². The summed E-state index contributed by atoms with van der Waals surface area (Å²) in [5.41, 5.74) is 2.34. The van der Waals surface area contributed by atoms with E-state index in [0.717, 1.165) is 11.3 Å². The lowest BCUT2D eigenvalue weighted by atomic mass is 10.0. The van der Waals surface area contributed by atoms with Gasteiger partial charge < -0.3 is 9.80 Å². The molecule has 3 rings (SSSR count). The smallest absolute Gasteiger partial charge is 0.244 e. The summed E-state index contributed by atoms with van der Waals surface area (Å²) in [5, 5.41) is 9.30. The van der Waals surface area contributed by atoms with E-state index >= 15 is 0 Å². The van der Waals surface area contributed by atoms with Crippen LogP contribution >= 0.6 is 0 Å². The summed E-state index contributed by atoms with van der Waals surface area (Å²) in [5.74, 6) is -0.298. The van der Waals surface area contributed by atoms with Gasteiger partial charge in [0.15, 0.2) is 0 Å². The van der Waals surface area contributed by atoms with E-state index in [1.807, 2.05) is 48.2 Å². The van der Waals surface area contributed by atoms with Crippen LogP contribution < -0.4 is 4.90 Å². The van der Waals surface area contributed by atoms with Gasteiger partial charge in [0, 0.05) is 26.2 Å². The summed E-state index contributed by atoms with van der Waals surface area (Å²) in [4.78, 5) is 19.0. The molecule has 1 saturated heterocycles. The molecule has 1 fully saturated rings. The highest BCUT2D eigenvalue weighted by atomic mass is 19.1. The van der Waals surface area contributed by atoms with Gasteiger partial charge in [0.05, 0.1) is 11.3 Å². The highest BCUT2D eigenvalue weighted by Gasteiger charge is 2.30. The van der Waals surface area contributed by atoms with Gasteiger partial charge in [-0.25, -0.2) is 4.39 Å².